The van der Waals surface area contributed by atoms with Crippen LogP contribution in [0, 0.1) is 6.92 Å². The summed E-state index contributed by atoms with van der Waals surface area (Å²) < 4.78 is 5.48. The lowest BCUT2D eigenvalue weighted by Gasteiger charge is -2.09. The van der Waals surface area contributed by atoms with Gasteiger partial charge < -0.3 is 9.73 Å². The van der Waals surface area contributed by atoms with Crippen molar-refractivity contribution in [3.63, 3.8) is 0 Å². The van der Waals surface area contributed by atoms with E-state index in [2.05, 4.69) is 17.2 Å². The van der Waals surface area contributed by atoms with Gasteiger partial charge in [-0.05, 0) is 26.0 Å². The van der Waals surface area contributed by atoms with E-state index in [0.29, 0.717) is 6.04 Å². The van der Waals surface area contributed by atoms with Crippen molar-refractivity contribution in [1.82, 2.24) is 10.3 Å². The van der Waals surface area contributed by atoms with E-state index in [1.54, 1.807) is 11.3 Å². The Balaban J connectivity index is 1.88. The molecule has 0 fully saturated rings. The average Bonchev–Trinajstić information content (AvgIpc) is 2.84. The predicted octanol–water partition coefficient (Wildman–Crippen LogP) is 2.90. The topological polar surface area (TPSA) is 38.1 Å². The molecule has 0 spiro atoms. The van der Waals surface area contributed by atoms with Crippen molar-refractivity contribution in [2.24, 2.45) is 0 Å². The van der Waals surface area contributed by atoms with E-state index >= 15 is 0 Å². The van der Waals surface area contributed by atoms with Crippen LogP contribution in [0.5, 0.6) is 0 Å². The molecular formula is C11H14N2OS. The van der Waals surface area contributed by atoms with Crippen LogP contribution in [-0.2, 0) is 6.54 Å². The van der Waals surface area contributed by atoms with Crippen molar-refractivity contribution in [1.29, 1.82) is 0 Å². The highest BCUT2D eigenvalue weighted by Crippen LogP contribution is 2.17. The van der Waals surface area contributed by atoms with Gasteiger partial charge in [0.25, 0.3) is 0 Å². The fourth-order valence-corrected chi connectivity index (χ4v) is 2.03. The summed E-state index contributed by atoms with van der Waals surface area (Å²) in [5.41, 5.74) is 1.85. The SMILES string of the molecule is Cc1ccc(CNC(C)c2cncs2)o1. The lowest BCUT2D eigenvalue weighted by atomic mass is 10.3. The molecule has 2 aromatic rings. The summed E-state index contributed by atoms with van der Waals surface area (Å²) in [5, 5.41) is 3.39. The van der Waals surface area contributed by atoms with Crippen molar-refractivity contribution in [3.8, 4) is 0 Å². The Labute approximate surface area is 93.2 Å². The standard InChI is InChI=1S/C11H14N2OS/c1-8-3-4-10(14-8)5-13-9(2)11-6-12-7-15-11/h3-4,6-7,9,13H,5H2,1-2H3. The zero-order valence-corrected chi connectivity index (χ0v) is 9.67. The number of hydrogen-bond acceptors (Lipinski definition) is 4. The Hall–Kier alpha value is -1.13. The van der Waals surface area contributed by atoms with Gasteiger partial charge in [-0.2, -0.15) is 0 Å². The number of nitrogens with one attached hydrogen (secondary N) is 1. The third-order valence-electron chi connectivity index (χ3n) is 2.26. The number of rotatable bonds is 4. The Kier molecular flexibility index (Phi) is 3.18. The summed E-state index contributed by atoms with van der Waals surface area (Å²) in [6.45, 7) is 4.84. The Morgan fingerprint density at radius 2 is 2.40 bits per heavy atom. The molecule has 0 amide bonds. The molecule has 15 heavy (non-hydrogen) atoms. The van der Waals surface area contributed by atoms with Crippen LogP contribution >= 0.6 is 11.3 Å². The Morgan fingerprint density at radius 3 is 3.00 bits per heavy atom. The fraction of sp³-hybridized carbons (Fsp3) is 0.364. The van der Waals surface area contributed by atoms with Crippen LogP contribution in [0.3, 0.4) is 0 Å². The van der Waals surface area contributed by atoms with Crippen molar-refractivity contribution < 1.29 is 4.42 Å². The summed E-state index contributed by atoms with van der Waals surface area (Å²) in [6.07, 6.45) is 1.90. The van der Waals surface area contributed by atoms with Crippen LogP contribution < -0.4 is 5.32 Å². The van der Waals surface area contributed by atoms with Gasteiger partial charge in [0.05, 0.1) is 12.1 Å². The monoisotopic (exact) mass is 222 g/mol. The number of thiazole rings is 1. The van der Waals surface area contributed by atoms with Crippen LogP contribution in [0.1, 0.15) is 29.4 Å². The quantitative estimate of drug-likeness (QED) is 0.864. The molecule has 0 saturated carbocycles. The molecule has 0 aliphatic heterocycles. The molecule has 2 rings (SSSR count). The smallest absolute Gasteiger partial charge is 0.117 e. The van der Waals surface area contributed by atoms with Gasteiger partial charge >= 0.3 is 0 Å². The van der Waals surface area contributed by atoms with E-state index < -0.39 is 0 Å². The fourth-order valence-electron chi connectivity index (χ4n) is 1.37. The number of aromatic nitrogens is 1. The van der Waals surface area contributed by atoms with E-state index in [-0.39, 0.29) is 0 Å². The average molecular weight is 222 g/mol. The maximum Gasteiger partial charge on any atom is 0.117 e. The Bertz CT molecular complexity index is 408. The molecule has 3 nitrogen and oxygen atoms in total. The second-order valence-electron chi connectivity index (χ2n) is 3.52. The summed E-state index contributed by atoms with van der Waals surface area (Å²) in [5.74, 6) is 1.93. The molecule has 4 heteroatoms. The van der Waals surface area contributed by atoms with Crippen LogP contribution in [-0.4, -0.2) is 4.98 Å². The van der Waals surface area contributed by atoms with Gasteiger partial charge in [0.2, 0.25) is 0 Å². The molecule has 1 atom stereocenters. The maximum absolute atomic E-state index is 5.48. The first-order valence-electron chi connectivity index (χ1n) is 4.93. The highest BCUT2D eigenvalue weighted by Gasteiger charge is 2.07. The van der Waals surface area contributed by atoms with Crippen molar-refractivity contribution in [2.45, 2.75) is 26.4 Å². The second-order valence-corrected chi connectivity index (χ2v) is 4.44. The molecule has 0 radical (unpaired) electrons. The minimum absolute atomic E-state index is 0.322. The van der Waals surface area contributed by atoms with Gasteiger partial charge in [0, 0.05) is 17.1 Å². The molecular weight excluding hydrogens is 208 g/mol. The van der Waals surface area contributed by atoms with E-state index in [1.807, 2.05) is 30.8 Å². The zero-order valence-electron chi connectivity index (χ0n) is 8.86. The molecule has 0 aliphatic rings. The normalized spacial score (nSPS) is 12.9. The molecule has 0 bridgehead atoms. The molecule has 0 aromatic carbocycles. The van der Waals surface area contributed by atoms with Gasteiger partial charge in [-0.25, -0.2) is 0 Å². The maximum atomic E-state index is 5.48. The van der Waals surface area contributed by atoms with Crippen molar-refractivity contribution in [3.05, 3.63) is 40.2 Å². The largest absolute Gasteiger partial charge is 0.465 e. The third kappa shape index (κ3) is 2.67. The molecule has 1 unspecified atom stereocenters. The van der Waals surface area contributed by atoms with E-state index in [4.69, 9.17) is 4.42 Å². The van der Waals surface area contributed by atoms with Gasteiger partial charge in [0.15, 0.2) is 0 Å². The summed E-state index contributed by atoms with van der Waals surface area (Å²) in [6, 6.07) is 4.30. The van der Waals surface area contributed by atoms with E-state index in [1.165, 1.54) is 4.88 Å². The molecule has 80 valence electrons. The third-order valence-corrected chi connectivity index (χ3v) is 3.21. The summed E-state index contributed by atoms with van der Waals surface area (Å²) in [4.78, 5) is 5.31. The van der Waals surface area contributed by atoms with Crippen molar-refractivity contribution in [2.75, 3.05) is 0 Å². The zero-order chi connectivity index (χ0) is 10.7. The van der Waals surface area contributed by atoms with Crippen LogP contribution in [0.2, 0.25) is 0 Å². The van der Waals surface area contributed by atoms with Crippen molar-refractivity contribution >= 4 is 11.3 Å². The lowest BCUT2D eigenvalue weighted by Crippen LogP contribution is -2.16. The van der Waals surface area contributed by atoms with Crippen LogP contribution in [0.15, 0.2) is 28.3 Å². The molecule has 1 N–H and O–H groups in total. The minimum atomic E-state index is 0.322. The molecule has 2 aromatic heterocycles. The highest BCUT2D eigenvalue weighted by molar-refractivity contribution is 7.09. The molecule has 0 aliphatic carbocycles. The first-order chi connectivity index (χ1) is 7.25. The lowest BCUT2D eigenvalue weighted by molar-refractivity contribution is 0.445. The Morgan fingerprint density at radius 1 is 1.53 bits per heavy atom. The summed E-state index contributed by atoms with van der Waals surface area (Å²) >= 11 is 1.67. The second kappa shape index (κ2) is 4.59. The van der Waals surface area contributed by atoms with E-state index in [0.717, 1.165) is 18.1 Å². The number of hydrogen-bond donors (Lipinski definition) is 1. The van der Waals surface area contributed by atoms with E-state index in [9.17, 15) is 0 Å². The van der Waals surface area contributed by atoms with Gasteiger partial charge in [-0.1, -0.05) is 0 Å². The van der Waals surface area contributed by atoms with Gasteiger partial charge in [-0.3, -0.25) is 4.98 Å². The predicted molar refractivity (Wildman–Crippen MR) is 60.8 cm³/mol. The van der Waals surface area contributed by atoms with Crippen LogP contribution in [0.25, 0.3) is 0 Å². The van der Waals surface area contributed by atoms with Gasteiger partial charge in [-0.15, -0.1) is 11.3 Å². The van der Waals surface area contributed by atoms with Crippen LogP contribution in [0.4, 0.5) is 0 Å². The first kappa shape index (κ1) is 10.4. The van der Waals surface area contributed by atoms with Gasteiger partial charge in [0.1, 0.15) is 11.5 Å². The number of nitrogens with zero attached hydrogens (tertiary/aromatic N) is 1. The first-order valence-corrected chi connectivity index (χ1v) is 5.81. The number of furan rings is 1. The minimum Gasteiger partial charge on any atom is -0.465 e. The highest BCUT2D eigenvalue weighted by atomic mass is 32.1. The summed E-state index contributed by atoms with van der Waals surface area (Å²) in [7, 11) is 0. The molecule has 0 saturated heterocycles. The number of aryl methyl sites for hydroxylation is 1. The molecule has 2 heterocycles.